The van der Waals surface area contributed by atoms with Crippen LogP contribution in [0.1, 0.15) is 40.6 Å². The Morgan fingerprint density at radius 2 is 2.04 bits per heavy atom. The van der Waals surface area contributed by atoms with E-state index >= 15 is 0 Å². The minimum Gasteiger partial charge on any atom is -0.492 e. The molecule has 6 nitrogen and oxygen atoms in total. The molecule has 4 rings (SSSR count). The Bertz CT molecular complexity index is 820. The van der Waals surface area contributed by atoms with Crippen molar-refractivity contribution in [2.24, 2.45) is 5.92 Å². The standard InChI is InChI=1S/C20H23N3O3S/c1-14-10-22(8-9-23(14)20(25)17-12-27-13-21-17)19(24)16-4-2-3-5-18(16)26-11-15-6-7-15/h2-5,12-15H,6-11H2,1H3/t14-/m0/s1. The second kappa shape index (κ2) is 7.68. The Morgan fingerprint density at radius 1 is 1.22 bits per heavy atom. The lowest BCUT2D eigenvalue weighted by atomic mass is 10.1. The molecular formula is C20H23N3O3S. The number of hydrogen-bond donors (Lipinski definition) is 0. The number of carbonyl (C=O) groups excluding carboxylic acids is 2. The van der Waals surface area contributed by atoms with Gasteiger partial charge in [-0.1, -0.05) is 12.1 Å². The summed E-state index contributed by atoms with van der Waals surface area (Å²) in [6.07, 6.45) is 2.42. The highest BCUT2D eigenvalue weighted by atomic mass is 32.1. The minimum absolute atomic E-state index is 0.0333. The highest BCUT2D eigenvalue weighted by molar-refractivity contribution is 7.07. The maximum Gasteiger partial charge on any atom is 0.273 e. The maximum absolute atomic E-state index is 13.1. The maximum atomic E-state index is 13.1. The number of thiazole rings is 1. The summed E-state index contributed by atoms with van der Waals surface area (Å²) in [4.78, 5) is 33.4. The number of ether oxygens (including phenoxy) is 1. The summed E-state index contributed by atoms with van der Waals surface area (Å²) in [5.74, 6) is 1.19. The van der Waals surface area contributed by atoms with Gasteiger partial charge in [-0.3, -0.25) is 9.59 Å². The number of piperazine rings is 1. The Morgan fingerprint density at radius 3 is 2.74 bits per heavy atom. The van der Waals surface area contributed by atoms with Crippen LogP contribution < -0.4 is 4.74 Å². The molecule has 2 fully saturated rings. The molecular weight excluding hydrogens is 362 g/mol. The van der Waals surface area contributed by atoms with E-state index in [0.29, 0.717) is 49.2 Å². The fourth-order valence-corrected chi connectivity index (χ4v) is 3.87. The number of amides is 2. The first-order valence-corrected chi connectivity index (χ1v) is 10.3. The van der Waals surface area contributed by atoms with Crippen molar-refractivity contribution in [3.05, 3.63) is 46.4 Å². The average Bonchev–Trinajstić information content (AvgIpc) is 3.36. The Hall–Kier alpha value is -2.41. The Labute approximate surface area is 162 Å². The van der Waals surface area contributed by atoms with Crippen LogP contribution in [-0.2, 0) is 0 Å². The quantitative estimate of drug-likeness (QED) is 0.794. The Balaban J connectivity index is 1.43. The number of aromatic nitrogens is 1. The molecule has 0 spiro atoms. The van der Waals surface area contributed by atoms with Gasteiger partial charge in [-0.25, -0.2) is 4.98 Å². The molecule has 7 heteroatoms. The van der Waals surface area contributed by atoms with Gasteiger partial charge in [0.1, 0.15) is 11.4 Å². The van der Waals surface area contributed by atoms with Gasteiger partial charge in [-0.2, -0.15) is 0 Å². The second-order valence-electron chi connectivity index (χ2n) is 7.22. The molecule has 0 bridgehead atoms. The fourth-order valence-electron chi connectivity index (χ4n) is 3.34. The van der Waals surface area contributed by atoms with Gasteiger partial charge in [-0.15, -0.1) is 11.3 Å². The number of para-hydroxylation sites is 1. The van der Waals surface area contributed by atoms with Crippen LogP contribution in [0.15, 0.2) is 35.2 Å². The first kappa shape index (κ1) is 18.0. The van der Waals surface area contributed by atoms with E-state index in [9.17, 15) is 9.59 Å². The number of benzene rings is 1. The molecule has 1 aromatic carbocycles. The predicted octanol–water partition coefficient (Wildman–Crippen LogP) is 2.92. The van der Waals surface area contributed by atoms with Gasteiger partial charge in [0.2, 0.25) is 0 Å². The molecule has 1 saturated carbocycles. The van der Waals surface area contributed by atoms with Crippen LogP contribution in [0.3, 0.4) is 0 Å². The van der Waals surface area contributed by atoms with Crippen molar-refractivity contribution in [3.8, 4) is 5.75 Å². The molecule has 1 aliphatic heterocycles. The van der Waals surface area contributed by atoms with Crippen molar-refractivity contribution in [2.75, 3.05) is 26.2 Å². The largest absolute Gasteiger partial charge is 0.492 e. The highest BCUT2D eigenvalue weighted by Crippen LogP contribution is 2.30. The molecule has 2 aliphatic rings. The monoisotopic (exact) mass is 385 g/mol. The number of carbonyl (C=O) groups is 2. The molecule has 0 unspecified atom stereocenters. The van der Waals surface area contributed by atoms with Gasteiger partial charge >= 0.3 is 0 Å². The molecule has 2 heterocycles. The van der Waals surface area contributed by atoms with Crippen LogP contribution in [-0.4, -0.2) is 58.9 Å². The summed E-state index contributed by atoms with van der Waals surface area (Å²) in [6, 6.07) is 7.38. The van der Waals surface area contributed by atoms with Crippen molar-refractivity contribution in [3.63, 3.8) is 0 Å². The fraction of sp³-hybridized carbons (Fsp3) is 0.450. The van der Waals surface area contributed by atoms with Gasteiger partial charge in [0.15, 0.2) is 0 Å². The second-order valence-corrected chi connectivity index (χ2v) is 7.94. The molecule has 142 valence electrons. The highest BCUT2D eigenvalue weighted by Gasteiger charge is 2.32. The van der Waals surface area contributed by atoms with E-state index in [2.05, 4.69) is 4.98 Å². The van der Waals surface area contributed by atoms with Crippen LogP contribution in [0.2, 0.25) is 0 Å². The summed E-state index contributed by atoms with van der Waals surface area (Å²) >= 11 is 1.41. The van der Waals surface area contributed by atoms with Gasteiger partial charge < -0.3 is 14.5 Å². The predicted molar refractivity (Wildman–Crippen MR) is 103 cm³/mol. The molecule has 1 aromatic heterocycles. The van der Waals surface area contributed by atoms with Crippen molar-refractivity contribution in [1.29, 1.82) is 0 Å². The molecule has 0 N–H and O–H groups in total. The van der Waals surface area contributed by atoms with E-state index in [1.807, 2.05) is 36.1 Å². The van der Waals surface area contributed by atoms with Crippen LogP contribution in [0.5, 0.6) is 5.75 Å². The lowest BCUT2D eigenvalue weighted by Gasteiger charge is -2.39. The summed E-state index contributed by atoms with van der Waals surface area (Å²) in [7, 11) is 0. The molecule has 1 aliphatic carbocycles. The van der Waals surface area contributed by atoms with Crippen LogP contribution >= 0.6 is 11.3 Å². The van der Waals surface area contributed by atoms with Crippen LogP contribution in [0.4, 0.5) is 0 Å². The van der Waals surface area contributed by atoms with Crippen molar-refractivity contribution >= 4 is 23.2 Å². The summed E-state index contributed by atoms with van der Waals surface area (Å²) in [5, 5.41) is 1.76. The first-order valence-electron chi connectivity index (χ1n) is 9.33. The molecule has 2 amide bonds. The van der Waals surface area contributed by atoms with E-state index in [0.717, 1.165) is 0 Å². The third kappa shape index (κ3) is 3.98. The zero-order valence-electron chi connectivity index (χ0n) is 15.3. The van der Waals surface area contributed by atoms with Gasteiger partial charge in [0.05, 0.1) is 17.7 Å². The molecule has 2 aromatic rings. The molecule has 0 radical (unpaired) electrons. The van der Waals surface area contributed by atoms with E-state index in [-0.39, 0.29) is 17.9 Å². The summed E-state index contributed by atoms with van der Waals surface area (Å²) in [6.45, 7) is 4.17. The average molecular weight is 385 g/mol. The lowest BCUT2D eigenvalue weighted by molar-refractivity contribution is 0.0409. The van der Waals surface area contributed by atoms with E-state index in [4.69, 9.17) is 4.74 Å². The van der Waals surface area contributed by atoms with Crippen molar-refractivity contribution < 1.29 is 14.3 Å². The van der Waals surface area contributed by atoms with Crippen molar-refractivity contribution in [1.82, 2.24) is 14.8 Å². The zero-order chi connectivity index (χ0) is 18.8. The number of hydrogen-bond acceptors (Lipinski definition) is 5. The van der Waals surface area contributed by atoms with Gasteiger partial charge in [0, 0.05) is 31.1 Å². The zero-order valence-corrected chi connectivity index (χ0v) is 16.2. The number of rotatable bonds is 5. The summed E-state index contributed by atoms with van der Waals surface area (Å²) in [5.41, 5.74) is 2.74. The van der Waals surface area contributed by atoms with Crippen LogP contribution in [0, 0.1) is 5.92 Å². The topological polar surface area (TPSA) is 62.7 Å². The van der Waals surface area contributed by atoms with Crippen LogP contribution in [0.25, 0.3) is 0 Å². The SMILES string of the molecule is C[C@H]1CN(C(=O)c2ccccc2OCC2CC2)CCN1C(=O)c1cscn1. The minimum atomic E-state index is -0.0657. The lowest BCUT2D eigenvalue weighted by Crippen LogP contribution is -2.55. The molecule has 27 heavy (non-hydrogen) atoms. The third-order valence-corrected chi connectivity index (χ3v) is 5.70. The molecule has 1 atom stereocenters. The van der Waals surface area contributed by atoms with E-state index in [1.54, 1.807) is 15.8 Å². The normalized spacial score (nSPS) is 19.8. The van der Waals surface area contributed by atoms with E-state index in [1.165, 1.54) is 24.2 Å². The van der Waals surface area contributed by atoms with Gasteiger partial charge in [-0.05, 0) is 37.8 Å². The first-order chi connectivity index (χ1) is 13.1. The van der Waals surface area contributed by atoms with Crippen molar-refractivity contribution in [2.45, 2.75) is 25.8 Å². The van der Waals surface area contributed by atoms with E-state index < -0.39 is 0 Å². The van der Waals surface area contributed by atoms with Gasteiger partial charge in [0.25, 0.3) is 11.8 Å². The summed E-state index contributed by atoms with van der Waals surface area (Å²) < 4.78 is 5.89. The Kier molecular flexibility index (Phi) is 5.11. The number of nitrogens with zero attached hydrogens (tertiary/aromatic N) is 3. The molecule has 1 saturated heterocycles. The third-order valence-electron chi connectivity index (χ3n) is 5.12. The smallest absolute Gasteiger partial charge is 0.273 e.